The number of rotatable bonds is 4. The Balaban J connectivity index is 2.13. The van der Waals surface area contributed by atoms with Gasteiger partial charge in [-0.15, -0.1) is 0 Å². The Bertz CT molecular complexity index is 1190. The molecule has 32 heavy (non-hydrogen) atoms. The van der Waals surface area contributed by atoms with Crippen molar-refractivity contribution in [3.05, 3.63) is 56.5 Å². The van der Waals surface area contributed by atoms with E-state index in [1.54, 1.807) is 0 Å². The monoisotopic (exact) mass is 594 g/mol. The predicted molar refractivity (Wildman–Crippen MR) is 105 cm³/mol. The van der Waals surface area contributed by atoms with Gasteiger partial charge in [0.05, 0.1) is 21.4 Å². The van der Waals surface area contributed by atoms with Crippen molar-refractivity contribution >= 4 is 40.2 Å². The van der Waals surface area contributed by atoms with E-state index in [9.17, 15) is 40.6 Å². The topological polar surface area (TPSA) is 62.9 Å². The number of alkyl halides is 7. The molecule has 0 fully saturated rings. The van der Waals surface area contributed by atoms with Crippen LogP contribution in [0.15, 0.2) is 36.7 Å². The molecule has 0 saturated heterocycles. The molecule has 0 bridgehead atoms. The van der Waals surface area contributed by atoms with Crippen molar-refractivity contribution in [1.29, 1.82) is 0 Å². The Hall–Kier alpha value is -2.29. The SMILES string of the molecule is Cn1c(C(F)(C(F)(F)F)C(F)(F)F)cc(I)c1-n1cc(-c2ccc(Cl)c(C(=O)[O-])c2)cn1. The third-order valence-corrected chi connectivity index (χ3v) is 5.73. The molecule has 5 nitrogen and oxygen atoms in total. The van der Waals surface area contributed by atoms with Crippen LogP contribution < -0.4 is 5.11 Å². The first-order valence-electron chi connectivity index (χ1n) is 8.34. The number of aromatic carboxylic acids is 1. The van der Waals surface area contributed by atoms with Crippen molar-refractivity contribution in [2.45, 2.75) is 18.0 Å². The molecular weight excluding hydrogens is 586 g/mol. The average molecular weight is 595 g/mol. The normalized spacial score (nSPS) is 12.9. The summed E-state index contributed by atoms with van der Waals surface area (Å²) in [7, 11) is 0.844. The smallest absolute Gasteiger partial charge is 0.437 e. The van der Waals surface area contributed by atoms with Crippen LogP contribution in [0, 0.1) is 3.57 Å². The van der Waals surface area contributed by atoms with Crippen LogP contribution in [0.3, 0.4) is 0 Å². The maximum atomic E-state index is 14.6. The lowest BCUT2D eigenvalue weighted by molar-refractivity contribution is -0.350. The highest BCUT2D eigenvalue weighted by atomic mass is 127. The second-order valence-electron chi connectivity index (χ2n) is 6.57. The van der Waals surface area contributed by atoms with Crippen LogP contribution in [0.2, 0.25) is 5.02 Å². The number of hydrogen-bond acceptors (Lipinski definition) is 3. The van der Waals surface area contributed by atoms with E-state index in [1.165, 1.54) is 53.2 Å². The number of nitrogens with zero attached hydrogens (tertiary/aromatic N) is 3. The molecule has 0 spiro atoms. The molecule has 3 rings (SSSR count). The zero-order valence-corrected chi connectivity index (χ0v) is 18.4. The number of benzene rings is 1. The molecule has 3 aromatic rings. The van der Waals surface area contributed by atoms with E-state index in [4.69, 9.17) is 11.6 Å². The van der Waals surface area contributed by atoms with Gasteiger partial charge in [0, 0.05) is 29.4 Å². The molecule has 0 aliphatic carbocycles. The van der Waals surface area contributed by atoms with Crippen LogP contribution >= 0.6 is 34.2 Å². The van der Waals surface area contributed by atoms with Gasteiger partial charge in [-0.2, -0.15) is 31.4 Å². The lowest BCUT2D eigenvalue weighted by Crippen LogP contribution is -2.51. The van der Waals surface area contributed by atoms with Gasteiger partial charge in [-0.1, -0.05) is 17.7 Å². The summed E-state index contributed by atoms with van der Waals surface area (Å²) in [6.07, 6.45) is -10.1. The fourth-order valence-corrected chi connectivity index (χ4v) is 4.15. The number of halogens is 9. The van der Waals surface area contributed by atoms with Crippen molar-refractivity contribution in [3.63, 3.8) is 0 Å². The molecule has 1 aromatic carbocycles. The van der Waals surface area contributed by atoms with Crippen LogP contribution in [0.1, 0.15) is 16.1 Å². The first kappa shape index (κ1) is 24.4. The van der Waals surface area contributed by atoms with E-state index in [0.717, 1.165) is 11.7 Å². The number of carbonyl (C=O) groups excluding carboxylic acids is 1. The second-order valence-corrected chi connectivity index (χ2v) is 8.14. The molecule has 0 aliphatic heterocycles. The van der Waals surface area contributed by atoms with Gasteiger partial charge < -0.3 is 14.5 Å². The first-order valence-corrected chi connectivity index (χ1v) is 9.79. The molecule has 0 atom stereocenters. The van der Waals surface area contributed by atoms with E-state index in [1.807, 2.05) is 0 Å². The molecule has 14 heteroatoms. The van der Waals surface area contributed by atoms with Crippen LogP contribution in [0.5, 0.6) is 0 Å². The third kappa shape index (κ3) is 3.84. The highest BCUT2D eigenvalue weighted by Gasteiger charge is 2.74. The minimum Gasteiger partial charge on any atom is -0.545 e. The zero-order valence-electron chi connectivity index (χ0n) is 15.5. The summed E-state index contributed by atoms with van der Waals surface area (Å²) in [4.78, 5) is 11.1. The Kier molecular flexibility index (Phi) is 6.04. The molecule has 0 saturated carbocycles. The Labute approximate surface area is 193 Å². The van der Waals surface area contributed by atoms with Gasteiger partial charge in [0.2, 0.25) is 0 Å². The summed E-state index contributed by atoms with van der Waals surface area (Å²) >= 11 is 7.24. The molecule has 0 amide bonds. The highest BCUT2D eigenvalue weighted by molar-refractivity contribution is 14.1. The van der Waals surface area contributed by atoms with Gasteiger partial charge in [-0.05, 0) is 46.4 Å². The van der Waals surface area contributed by atoms with Crippen molar-refractivity contribution in [1.82, 2.24) is 14.3 Å². The molecule has 172 valence electrons. The second kappa shape index (κ2) is 7.93. The summed E-state index contributed by atoms with van der Waals surface area (Å²) in [5.74, 6) is -1.82. The van der Waals surface area contributed by atoms with Crippen molar-refractivity contribution < 1.29 is 40.6 Å². The zero-order chi connectivity index (χ0) is 24.2. The molecule has 0 unspecified atom stereocenters. The molecule has 0 radical (unpaired) electrons. The minimum absolute atomic E-state index is 0.0960. The van der Waals surface area contributed by atoms with Crippen LogP contribution in [-0.4, -0.2) is 32.7 Å². The summed E-state index contributed by atoms with van der Waals surface area (Å²) in [6.45, 7) is 0. The summed E-state index contributed by atoms with van der Waals surface area (Å²) in [5, 5.41) is 15.0. The van der Waals surface area contributed by atoms with E-state index in [2.05, 4.69) is 5.10 Å². The number of hydrogen-bond donors (Lipinski definition) is 0. The Morgan fingerprint density at radius 2 is 1.66 bits per heavy atom. The molecule has 2 aromatic heterocycles. The lowest BCUT2D eigenvalue weighted by Gasteiger charge is -2.30. The van der Waals surface area contributed by atoms with Crippen molar-refractivity contribution in [3.8, 4) is 16.9 Å². The van der Waals surface area contributed by atoms with Gasteiger partial charge in [-0.3, -0.25) is 0 Å². The number of carboxylic acids is 1. The number of aromatic nitrogens is 3. The number of carbonyl (C=O) groups is 1. The first-order chi connectivity index (χ1) is 14.6. The molecule has 2 heterocycles. The average Bonchev–Trinajstić information content (AvgIpc) is 3.23. The van der Waals surface area contributed by atoms with Crippen molar-refractivity contribution in [2.24, 2.45) is 7.05 Å². The Morgan fingerprint density at radius 1 is 1.06 bits per heavy atom. The van der Waals surface area contributed by atoms with Crippen LogP contribution in [-0.2, 0) is 12.7 Å². The summed E-state index contributed by atoms with van der Waals surface area (Å²) < 4.78 is 94.8. The predicted octanol–water partition coefficient (Wildman–Crippen LogP) is 4.79. The fourth-order valence-electron chi connectivity index (χ4n) is 3.05. The standard InChI is InChI=1S/C18H10ClF7IN3O2/c1-29-13(16(20,17(21,22)23)18(24,25)26)5-12(27)14(29)30-7-9(6-28-30)8-2-3-11(19)10(4-8)15(31)32/h2-7H,1H3,(H,31,32)/p-1. The maximum absolute atomic E-state index is 14.6. The van der Waals surface area contributed by atoms with Gasteiger partial charge in [-0.25, -0.2) is 9.07 Å². The maximum Gasteiger partial charge on any atom is 0.437 e. The van der Waals surface area contributed by atoms with Crippen LogP contribution in [0.25, 0.3) is 16.9 Å². The largest absolute Gasteiger partial charge is 0.545 e. The van der Waals surface area contributed by atoms with Gasteiger partial charge >= 0.3 is 18.0 Å². The minimum atomic E-state index is -6.27. The van der Waals surface area contributed by atoms with E-state index in [0.29, 0.717) is 10.6 Å². The van der Waals surface area contributed by atoms with E-state index >= 15 is 0 Å². The quantitative estimate of drug-likeness (QED) is 0.323. The fraction of sp³-hybridized carbons (Fsp3) is 0.222. The van der Waals surface area contributed by atoms with E-state index < -0.39 is 29.7 Å². The highest BCUT2D eigenvalue weighted by Crippen LogP contribution is 2.54. The lowest BCUT2D eigenvalue weighted by atomic mass is 10.0. The van der Waals surface area contributed by atoms with E-state index in [-0.39, 0.29) is 31.1 Å². The number of carboxylic acid groups (broad SMARTS) is 1. The molecular formula is C18H9ClF7IN3O2-. The van der Waals surface area contributed by atoms with Gasteiger partial charge in [0.25, 0.3) is 0 Å². The molecule has 0 aliphatic rings. The van der Waals surface area contributed by atoms with Gasteiger partial charge in [0.15, 0.2) is 0 Å². The van der Waals surface area contributed by atoms with Crippen LogP contribution in [0.4, 0.5) is 30.7 Å². The van der Waals surface area contributed by atoms with Gasteiger partial charge in [0.1, 0.15) is 5.82 Å². The third-order valence-electron chi connectivity index (χ3n) is 4.61. The Morgan fingerprint density at radius 3 is 2.19 bits per heavy atom. The van der Waals surface area contributed by atoms with Crippen molar-refractivity contribution in [2.75, 3.05) is 0 Å². The summed E-state index contributed by atoms with van der Waals surface area (Å²) in [5.41, 5.74) is -7.05. The molecule has 0 N–H and O–H groups in total. The summed E-state index contributed by atoms with van der Waals surface area (Å²) in [6, 6.07) is 4.31.